The van der Waals surface area contributed by atoms with Crippen LogP contribution in [0.2, 0.25) is 0 Å². The predicted molar refractivity (Wildman–Crippen MR) is 148 cm³/mol. The maximum Gasteiger partial charge on any atom is 0.129 e. The molecule has 1 N–H and O–H groups in total. The molecule has 0 saturated heterocycles. The van der Waals surface area contributed by atoms with Crippen LogP contribution < -0.4 is 0 Å². The first-order chi connectivity index (χ1) is 16.8. The van der Waals surface area contributed by atoms with E-state index in [1.165, 1.54) is 35.2 Å². The van der Waals surface area contributed by atoms with Crippen LogP contribution in [0.3, 0.4) is 0 Å². The first-order valence-electron chi connectivity index (χ1n) is 12.8. The predicted octanol–water partition coefficient (Wildman–Crippen LogP) is 8.05. The maximum absolute atomic E-state index is 10.0. The molecular formula is C31H45N3O. The van der Waals surface area contributed by atoms with Crippen LogP contribution in [-0.2, 0) is 24.1 Å². The summed E-state index contributed by atoms with van der Waals surface area (Å²) in [7, 11) is 0. The maximum atomic E-state index is 10.0. The highest BCUT2D eigenvalue weighted by Crippen LogP contribution is 2.11. The Morgan fingerprint density at radius 3 is 2.14 bits per heavy atom. The zero-order valence-corrected chi connectivity index (χ0v) is 22.9. The number of carbonyl (C=O) groups excluding carboxylic acids is 1. The molecule has 0 aliphatic carbocycles. The molecule has 4 heteroatoms. The molecule has 3 aromatic rings. The standard InChI is InChI=1S/C11H16.C10H11N.C5H8N2.C5H10O/c1-3-10(2)9-11-7-5-4-6-8-11;1-3-10-6-9(7-11)5-4-8(10)2;1-2-5-3-6-4-7-5;1-3-4-5(2)6/h4-8,10H,3,9H2,1-2H3;4-6H,3H2,1-2H3;3-4H,2H2,1H3,(H,6,7);3-4H2,1-2H3/t10-;;;/m0.../s1. The largest absolute Gasteiger partial charge is 0.349 e. The lowest BCUT2D eigenvalue weighted by Crippen LogP contribution is -1.96. The zero-order chi connectivity index (χ0) is 26.5. The summed E-state index contributed by atoms with van der Waals surface area (Å²) >= 11 is 0. The third-order valence-electron chi connectivity index (χ3n) is 5.52. The molecule has 0 aliphatic rings. The number of ketones is 1. The Morgan fingerprint density at radius 2 is 1.74 bits per heavy atom. The van der Waals surface area contributed by atoms with Crippen molar-refractivity contribution in [1.82, 2.24) is 9.97 Å². The van der Waals surface area contributed by atoms with Gasteiger partial charge >= 0.3 is 0 Å². The molecule has 0 unspecified atom stereocenters. The van der Waals surface area contributed by atoms with E-state index in [-0.39, 0.29) is 5.78 Å². The van der Waals surface area contributed by atoms with Gasteiger partial charge in [-0.15, -0.1) is 0 Å². The summed E-state index contributed by atoms with van der Waals surface area (Å²) in [4.78, 5) is 16.9. The summed E-state index contributed by atoms with van der Waals surface area (Å²) in [5, 5.41) is 8.60. The van der Waals surface area contributed by atoms with Crippen molar-refractivity contribution in [2.75, 3.05) is 0 Å². The number of aryl methyl sites for hydroxylation is 3. The molecule has 1 atom stereocenters. The number of aromatic nitrogens is 2. The Hall–Kier alpha value is -3.19. The van der Waals surface area contributed by atoms with Crippen LogP contribution in [0.5, 0.6) is 0 Å². The molecule has 1 aromatic heterocycles. The van der Waals surface area contributed by atoms with Gasteiger partial charge in [-0.05, 0) is 74.3 Å². The summed E-state index contributed by atoms with van der Waals surface area (Å²) in [6.45, 7) is 14.4. The quantitative estimate of drug-likeness (QED) is 0.376. The van der Waals surface area contributed by atoms with E-state index in [1.807, 2.05) is 31.3 Å². The smallest absolute Gasteiger partial charge is 0.129 e. The molecule has 0 fully saturated rings. The van der Waals surface area contributed by atoms with E-state index in [0.29, 0.717) is 0 Å². The minimum Gasteiger partial charge on any atom is -0.349 e. The summed E-state index contributed by atoms with van der Waals surface area (Å²) in [6.07, 6.45) is 9.78. The van der Waals surface area contributed by atoms with Crippen molar-refractivity contribution >= 4 is 5.78 Å². The molecule has 0 spiro atoms. The first kappa shape index (κ1) is 31.8. The molecule has 0 saturated carbocycles. The van der Waals surface area contributed by atoms with E-state index in [2.05, 4.69) is 81.0 Å². The number of Topliss-reactive ketones (excluding diaryl/α,β-unsaturated/α-hetero) is 1. The van der Waals surface area contributed by atoms with Crippen molar-refractivity contribution in [2.24, 2.45) is 5.92 Å². The van der Waals surface area contributed by atoms with Crippen molar-refractivity contribution in [2.45, 2.75) is 87.0 Å². The van der Waals surface area contributed by atoms with Crippen LogP contribution in [0.4, 0.5) is 0 Å². The SMILES string of the molecule is CCCC(C)=O.CC[C@H](C)Cc1ccccc1.CCc1cc(C#N)ccc1C.CCc1cnc[nH]1. The van der Waals surface area contributed by atoms with Crippen LogP contribution in [0.1, 0.15) is 88.8 Å². The molecule has 0 amide bonds. The number of carbonyl (C=O) groups is 1. The Morgan fingerprint density at radius 1 is 1.06 bits per heavy atom. The van der Waals surface area contributed by atoms with Gasteiger partial charge < -0.3 is 9.78 Å². The van der Waals surface area contributed by atoms with Gasteiger partial charge in [0.2, 0.25) is 0 Å². The molecular weight excluding hydrogens is 430 g/mol. The third kappa shape index (κ3) is 16.1. The highest BCUT2D eigenvalue weighted by Gasteiger charge is 1.99. The molecule has 4 nitrogen and oxygen atoms in total. The number of aromatic amines is 1. The molecule has 190 valence electrons. The number of rotatable bonds is 7. The molecule has 0 bridgehead atoms. The summed E-state index contributed by atoms with van der Waals surface area (Å²) in [5.41, 5.74) is 5.95. The van der Waals surface area contributed by atoms with Gasteiger partial charge in [-0.3, -0.25) is 0 Å². The number of nitrogens with zero attached hydrogens (tertiary/aromatic N) is 2. The van der Waals surface area contributed by atoms with E-state index in [1.54, 1.807) is 13.3 Å². The molecule has 0 aliphatic heterocycles. The van der Waals surface area contributed by atoms with Crippen molar-refractivity contribution < 1.29 is 4.79 Å². The molecule has 3 rings (SSSR count). The van der Waals surface area contributed by atoms with Gasteiger partial charge in [0.15, 0.2) is 0 Å². The van der Waals surface area contributed by atoms with Gasteiger partial charge in [0.25, 0.3) is 0 Å². The van der Waals surface area contributed by atoms with E-state index in [4.69, 9.17) is 5.26 Å². The van der Waals surface area contributed by atoms with Crippen molar-refractivity contribution in [3.63, 3.8) is 0 Å². The lowest BCUT2D eigenvalue weighted by molar-refractivity contribution is -0.117. The number of imidazole rings is 1. The Balaban J connectivity index is 0.000000455. The molecule has 35 heavy (non-hydrogen) atoms. The van der Waals surface area contributed by atoms with Crippen LogP contribution >= 0.6 is 0 Å². The van der Waals surface area contributed by atoms with Crippen LogP contribution in [0.25, 0.3) is 0 Å². The monoisotopic (exact) mass is 475 g/mol. The van der Waals surface area contributed by atoms with E-state index < -0.39 is 0 Å². The molecule has 1 heterocycles. The van der Waals surface area contributed by atoms with Crippen molar-refractivity contribution in [1.29, 1.82) is 5.26 Å². The van der Waals surface area contributed by atoms with E-state index >= 15 is 0 Å². The second kappa shape index (κ2) is 20.2. The average molecular weight is 476 g/mol. The van der Waals surface area contributed by atoms with Gasteiger partial charge in [0.1, 0.15) is 5.78 Å². The Labute approximate surface area is 213 Å². The lowest BCUT2D eigenvalue weighted by atomic mass is 9.99. The van der Waals surface area contributed by atoms with Gasteiger partial charge in [-0.2, -0.15) is 5.26 Å². The van der Waals surface area contributed by atoms with Gasteiger partial charge in [-0.1, -0.05) is 77.4 Å². The fourth-order valence-corrected chi connectivity index (χ4v) is 3.11. The van der Waals surface area contributed by atoms with Crippen LogP contribution in [0.15, 0.2) is 61.1 Å². The zero-order valence-electron chi connectivity index (χ0n) is 22.9. The van der Waals surface area contributed by atoms with E-state index in [9.17, 15) is 4.79 Å². The minimum atomic E-state index is 0.289. The average Bonchev–Trinajstić information content (AvgIpc) is 3.40. The van der Waals surface area contributed by atoms with Crippen molar-refractivity contribution in [3.8, 4) is 6.07 Å². The summed E-state index contributed by atoms with van der Waals surface area (Å²) in [5.74, 6) is 1.11. The number of H-pyrrole nitrogens is 1. The van der Waals surface area contributed by atoms with Crippen molar-refractivity contribution in [3.05, 3.63) is 89.0 Å². The highest BCUT2D eigenvalue weighted by atomic mass is 16.1. The summed E-state index contributed by atoms with van der Waals surface area (Å²) in [6, 6.07) is 18.6. The fraction of sp³-hybridized carbons (Fsp3) is 0.452. The Kier molecular flexibility index (Phi) is 18.4. The second-order valence-corrected chi connectivity index (χ2v) is 8.69. The van der Waals surface area contributed by atoms with Crippen LogP contribution in [-0.4, -0.2) is 15.8 Å². The number of nitriles is 1. The molecule has 0 radical (unpaired) electrons. The number of hydrogen-bond acceptors (Lipinski definition) is 3. The second-order valence-electron chi connectivity index (χ2n) is 8.69. The lowest BCUT2D eigenvalue weighted by Gasteiger charge is -2.06. The molecule has 2 aromatic carbocycles. The normalized spacial score (nSPS) is 10.2. The van der Waals surface area contributed by atoms with E-state index in [0.717, 1.165) is 37.2 Å². The van der Waals surface area contributed by atoms with Crippen LogP contribution in [0, 0.1) is 24.2 Å². The topological polar surface area (TPSA) is 69.5 Å². The minimum absolute atomic E-state index is 0.289. The number of benzene rings is 2. The van der Waals surface area contributed by atoms with Gasteiger partial charge in [0.05, 0.1) is 18.0 Å². The number of nitrogens with one attached hydrogen (secondary N) is 1. The first-order valence-corrected chi connectivity index (χ1v) is 12.8. The third-order valence-corrected chi connectivity index (χ3v) is 5.52. The highest BCUT2D eigenvalue weighted by molar-refractivity contribution is 5.75. The number of hydrogen-bond donors (Lipinski definition) is 1. The fourth-order valence-electron chi connectivity index (χ4n) is 3.11. The Bertz CT molecular complexity index is 957. The van der Waals surface area contributed by atoms with Gasteiger partial charge in [0, 0.05) is 18.3 Å². The van der Waals surface area contributed by atoms with Gasteiger partial charge in [-0.25, -0.2) is 4.98 Å². The summed E-state index contributed by atoms with van der Waals surface area (Å²) < 4.78 is 0.